The molecule has 0 saturated heterocycles. The second kappa shape index (κ2) is 54.3. The van der Waals surface area contributed by atoms with Gasteiger partial charge in [-0.1, -0.05) is 55.0 Å². The van der Waals surface area contributed by atoms with Gasteiger partial charge in [0.2, 0.25) is 17.7 Å². The van der Waals surface area contributed by atoms with Gasteiger partial charge in [-0.15, -0.1) is 0 Å². The number of carbonyl (C=O) groups excluding carboxylic acids is 5. The molecule has 74 heavy (non-hydrogen) atoms. The molecule has 18 nitrogen and oxygen atoms in total. The number of benzene rings is 2. The predicted octanol–water partition coefficient (Wildman–Crippen LogP) is 4.15. The zero-order valence-corrected chi connectivity index (χ0v) is 49.8. The number of amides is 5. The summed E-state index contributed by atoms with van der Waals surface area (Å²) in [7, 11) is -3.86. The Morgan fingerprint density at radius 3 is 1.77 bits per heavy atom. The molecule has 0 aliphatic carbocycles. The van der Waals surface area contributed by atoms with Gasteiger partial charge in [0.15, 0.2) is 11.8 Å². The Kier molecular flexibility index (Phi) is 62.1. The molecule has 1 heterocycles. The first-order valence-corrected chi connectivity index (χ1v) is 24.1. The molecule has 0 spiro atoms. The van der Waals surface area contributed by atoms with Crippen molar-refractivity contribution in [1.82, 2.24) is 26.4 Å². The molecule has 0 saturated carbocycles. The molecule has 2 aromatic rings. The van der Waals surface area contributed by atoms with Crippen LogP contribution in [0.1, 0.15) is 93.7 Å². The predicted molar refractivity (Wildman–Crippen MR) is 248 cm³/mol. The minimum absolute atomic E-state index is 0. The normalized spacial score (nSPS) is 11.2. The van der Waals surface area contributed by atoms with Crippen LogP contribution >= 0.6 is 7.75 Å². The molecule has 0 aromatic heterocycles. The molecular formula is C47H67Co8N6O12P-4. The Morgan fingerprint density at radius 1 is 0.568 bits per heavy atom. The maximum Gasteiger partial charge on any atom is 0.374 e. The number of carbonyl (C=O) groups is 5. The Balaban J connectivity index is -0.00000144. The number of nitrogens with zero attached hydrogens (tertiary/aromatic N) is 1. The van der Waals surface area contributed by atoms with Crippen molar-refractivity contribution < 1.29 is 191 Å². The Bertz CT molecular complexity index is 1910. The van der Waals surface area contributed by atoms with Crippen molar-refractivity contribution in [3.8, 4) is 11.8 Å². The van der Waals surface area contributed by atoms with Crippen molar-refractivity contribution in [3.63, 3.8) is 0 Å². The van der Waals surface area contributed by atoms with Crippen LogP contribution < -0.4 is 31.3 Å². The largest absolute Gasteiger partial charge is 0.506 e. The summed E-state index contributed by atoms with van der Waals surface area (Å²) in [6.45, 7) is 12.1. The van der Waals surface area contributed by atoms with Crippen LogP contribution in [0.15, 0.2) is 48.5 Å². The van der Waals surface area contributed by atoms with E-state index < -0.39 is 7.75 Å². The summed E-state index contributed by atoms with van der Waals surface area (Å²) in [4.78, 5) is 73.0. The van der Waals surface area contributed by atoms with Gasteiger partial charge >= 0.3 is 7.75 Å². The molecule has 5 amide bonds. The fourth-order valence-electron chi connectivity index (χ4n) is 6.05. The van der Waals surface area contributed by atoms with Gasteiger partial charge in [0.05, 0.1) is 71.7 Å². The van der Waals surface area contributed by atoms with Crippen LogP contribution in [0.2, 0.25) is 0 Å². The fraction of sp³-hybridized carbons (Fsp3) is 0.511. The van der Waals surface area contributed by atoms with Crippen LogP contribution in [-0.2, 0) is 193 Å². The smallest absolute Gasteiger partial charge is 0.374 e. The summed E-state index contributed by atoms with van der Waals surface area (Å²) >= 11 is 0. The fourth-order valence-corrected chi connectivity index (χ4v) is 6.87. The number of ether oxygens (including phenoxy) is 4. The van der Waals surface area contributed by atoms with Gasteiger partial charge in [0.1, 0.15) is 0 Å². The van der Waals surface area contributed by atoms with E-state index in [0.717, 1.165) is 35.2 Å². The first-order chi connectivity index (χ1) is 32.1. The number of anilines is 1. The molecule has 438 valence electrons. The van der Waals surface area contributed by atoms with Crippen LogP contribution in [-0.4, -0.2) is 107 Å². The maximum absolute atomic E-state index is 13.3. The van der Waals surface area contributed by atoms with Crippen molar-refractivity contribution in [2.75, 3.05) is 77.5 Å². The second-order valence-corrected chi connectivity index (χ2v) is 16.4. The number of unbranched alkanes of at least 4 members (excludes halogenated alkanes) is 3. The molecule has 1 atom stereocenters. The molecule has 2 aromatic carbocycles. The van der Waals surface area contributed by atoms with E-state index in [-0.39, 0.29) is 203 Å². The van der Waals surface area contributed by atoms with Crippen LogP contribution in [0.4, 0.5) is 5.69 Å². The summed E-state index contributed by atoms with van der Waals surface area (Å²) in [5, 5.41) is 13.2. The van der Waals surface area contributed by atoms with Crippen molar-refractivity contribution >= 4 is 43.0 Å². The molecule has 1 unspecified atom stereocenters. The van der Waals surface area contributed by atoms with Gasteiger partial charge in [0.25, 0.3) is 0 Å². The number of hydrogen-bond acceptors (Lipinski definition) is 11. The molecule has 27 heteroatoms. The zero-order valence-electron chi connectivity index (χ0n) is 40.5. The Hall–Kier alpha value is -0.648. The molecule has 0 fully saturated rings. The van der Waals surface area contributed by atoms with Gasteiger partial charge in [-0.25, -0.2) is 17.7 Å². The van der Waals surface area contributed by atoms with E-state index in [1.54, 1.807) is 18.0 Å². The van der Waals surface area contributed by atoms with Crippen LogP contribution in [0, 0.1) is 38.4 Å². The molecule has 6 N–H and O–H groups in total. The monoisotopic (exact) mass is 1410 g/mol. The third kappa shape index (κ3) is 41.4. The SMILES string of the molecule is [CH2-]C[CH-]NP(=O)(O)OCCC[CH-]NC(=O)CC[CH-]NC(=O)CCCCCNC(=O)CCOCCOCCOCCOCCNC(=O)CCC(=O)N1Cc2ccccc2C#Cc2ccccc21.[Co].[Co].[Co].[Co].[Co].[Co].[Co].[Co]. The van der Waals surface area contributed by atoms with Crippen LogP contribution in [0.3, 0.4) is 0 Å². The molecule has 8 radical (unpaired) electrons. The van der Waals surface area contributed by atoms with Crippen LogP contribution in [0.25, 0.3) is 0 Å². The Labute approximate surface area is 520 Å². The topological polar surface area (TPSA) is 232 Å². The number of hydrogen-bond donors (Lipinski definition) is 6. The standard InChI is InChI=1S/C47H67N6O12P.8Co/c1-2-24-52-66(59,60)65-29-11-10-26-48-44(55)18-12-27-50-43(54)17-4-3-9-25-49-46(57)23-30-61-32-34-63-36-37-64-35-33-62-31-28-51-45(56)21-22-47(58)53-38-41-15-6-5-13-39(41)19-20-40-14-7-8-16-42(40)53;;;;;;;;/h5-8,13-16,24,26-27H,1-4,9-12,17-18,21-23,25,28-38H2,(H,48,55)(H,49,57)(H,50,54)(H,51,56)(H2,52,59,60);;;;;;;;/q-4;;;;;;;;. The van der Waals surface area contributed by atoms with Crippen molar-refractivity contribution in [3.05, 3.63) is 91.8 Å². The molecule has 3 rings (SSSR count). The van der Waals surface area contributed by atoms with E-state index in [4.69, 9.17) is 23.5 Å². The van der Waals surface area contributed by atoms with Crippen molar-refractivity contribution in [1.29, 1.82) is 0 Å². The summed E-state index contributed by atoms with van der Waals surface area (Å²) in [6, 6.07) is 15.3. The quantitative estimate of drug-likeness (QED) is 0.0242. The second-order valence-electron chi connectivity index (χ2n) is 14.8. The van der Waals surface area contributed by atoms with E-state index in [1.807, 2.05) is 48.5 Å². The van der Waals surface area contributed by atoms with E-state index in [2.05, 4.69) is 45.1 Å². The maximum atomic E-state index is 13.3. The number of fused-ring (bicyclic) bond motifs is 2. The molecule has 0 bridgehead atoms. The van der Waals surface area contributed by atoms with Gasteiger partial charge in [-0.3, -0.25) is 35.0 Å². The summed E-state index contributed by atoms with van der Waals surface area (Å²) < 4.78 is 38.5. The van der Waals surface area contributed by atoms with Gasteiger partial charge < -0.3 is 68.4 Å². The molecular weight excluding hydrogens is 1340 g/mol. The third-order valence-corrected chi connectivity index (χ3v) is 10.5. The molecule has 1 aliphatic rings. The average molecular weight is 1410 g/mol. The molecule has 1 aliphatic heterocycles. The van der Waals surface area contributed by atoms with E-state index in [0.29, 0.717) is 104 Å². The Morgan fingerprint density at radius 2 is 1.11 bits per heavy atom. The summed E-state index contributed by atoms with van der Waals surface area (Å²) in [5.74, 6) is 5.56. The van der Waals surface area contributed by atoms with Crippen molar-refractivity contribution in [2.24, 2.45) is 0 Å². The first kappa shape index (κ1) is 84.6. The first-order valence-electron chi connectivity index (χ1n) is 22.5. The van der Waals surface area contributed by atoms with E-state index in [9.17, 15) is 33.4 Å². The van der Waals surface area contributed by atoms with E-state index in [1.165, 1.54) is 6.54 Å². The third-order valence-electron chi connectivity index (χ3n) is 9.50. The zero-order chi connectivity index (χ0) is 47.5. The van der Waals surface area contributed by atoms with Crippen LogP contribution in [0.5, 0.6) is 0 Å². The van der Waals surface area contributed by atoms with E-state index >= 15 is 0 Å². The van der Waals surface area contributed by atoms with Crippen molar-refractivity contribution in [2.45, 2.75) is 83.6 Å². The summed E-state index contributed by atoms with van der Waals surface area (Å²) in [5.41, 5.74) is 3.35. The summed E-state index contributed by atoms with van der Waals surface area (Å²) in [6.07, 6.45) is 4.72. The number of nitrogens with one attached hydrogen (secondary N) is 5. The average Bonchev–Trinajstić information content (AvgIpc) is 3.30. The van der Waals surface area contributed by atoms with Gasteiger partial charge in [-0.2, -0.15) is 12.8 Å². The minimum atomic E-state index is -3.86. The number of para-hydroxylation sites is 1. The van der Waals surface area contributed by atoms with Gasteiger partial charge in [0, 0.05) is 184 Å². The minimum Gasteiger partial charge on any atom is -0.506 e. The number of rotatable bonds is 37. The van der Waals surface area contributed by atoms with Gasteiger partial charge in [-0.05, 0) is 43.0 Å².